The minimum atomic E-state index is -0.600. The molecule has 3 atom stereocenters. The fourth-order valence-corrected chi connectivity index (χ4v) is 1.50. The lowest BCUT2D eigenvalue weighted by molar-refractivity contribution is 0.0981. The average Bonchev–Trinajstić information content (AvgIpc) is 2.43. The predicted octanol–water partition coefficient (Wildman–Crippen LogP) is 0.298. The number of hydrogen-bond donors (Lipinski definition) is 3. The van der Waals surface area contributed by atoms with Gasteiger partial charge in [0.25, 0.3) is 0 Å². The molecule has 0 aliphatic rings. The third-order valence-electron chi connectivity index (χ3n) is 2.64. The van der Waals surface area contributed by atoms with Crippen LogP contribution in [0.5, 0.6) is 0 Å². The van der Waals surface area contributed by atoms with Crippen LogP contribution in [0.2, 0.25) is 0 Å². The molecule has 3 unspecified atom stereocenters. The highest BCUT2D eigenvalue weighted by atomic mass is 16.5. The van der Waals surface area contributed by atoms with Gasteiger partial charge in [-0.25, -0.2) is 0 Å². The van der Waals surface area contributed by atoms with E-state index in [2.05, 4.69) is 6.07 Å². The molecule has 0 amide bonds. The maximum Gasteiger partial charge on any atom is 0.132 e. The molecule has 0 aliphatic carbocycles. The Morgan fingerprint density at radius 1 is 0.833 bits per heavy atom. The Bertz CT molecular complexity index is 317. The van der Waals surface area contributed by atoms with E-state index in [0.29, 0.717) is 11.1 Å². The summed E-state index contributed by atoms with van der Waals surface area (Å²) in [5, 5.41) is 0. The third kappa shape index (κ3) is 3.49. The first-order valence-corrected chi connectivity index (χ1v) is 5.45. The topological polar surface area (TPSA) is 106 Å². The number of hydrogen-bond acceptors (Lipinski definition) is 6. The van der Waals surface area contributed by atoms with Crippen molar-refractivity contribution in [2.24, 2.45) is 17.2 Å². The molecule has 0 aliphatic heterocycles. The maximum atomic E-state index is 5.82. The van der Waals surface area contributed by atoms with E-state index >= 15 is 0 Å². The molecule has 0 fully saturated rings. The van der Waals surface area contributed by atoms with Gasteiger partial charge in [-0.15, -0.1) is 0 Å². The number of ether oxygens (including phenoxy) is 3. The van der Waals surface area contributed by atoms with Crippen LogP contribution < -0.4 is 17.2 Å². The number of methoxy groups -OCH3 is 3. The molecule has 6 N–H and O–H groups in total. The second-order valence-electron chi connectivity index (χ2n) is 3.79. The van der Waals surface area contributed by atoms with E-state index in [1.807, 2.05) is 0 Å². The van der Waals surface area contributed by atoms with E-state index in [4.69, 9.17) is 31.4 Å². The summed E-state index contributed by atoms with van der Waals surface area (Å²) in [7, 11) is 4.54. The highest BCUT2D eigenvalue weighted by Gasteiger charge is 2.15. The van der Waals surface area contributed by atoms with Crippen molar-refractivity contribution in [3.63, 3.8) is 0 Å². The van der Waals surface area contributed by atoms with E-state index < -0.39 is 18.7 Å². The highest BCUT2D eigenvalue weighted by Crippen LogP contribution is 2.23. The smallest absolute Gasteiger partial charge is 0.132 e. The molecule has 0 saturated carbocycles. The van der Waals surface area contributed by atoms with Crippen molar-refractivity contribution < 1.29 is 14.2 Å². The summed E-state index contributed by atoms with van der Waals surface area (Å²) in [5.41, 5.74) is 19.4. The van der Waals surface area contributed by atoms with Gasteiger partial charge in [-0.1, -0.05) is 0 Å². The lowest BCUT2D eigenvalue weighted by Crippen LogP contribution is -2.19. The number of benzene rings is 1. The Balaban J connectivity index is 3.19. The van der Waals surface area contributed by atoms with Gasteiger partial charge in [0, 0.05) is 32.5 Å². The van der Waals surface area contributed by atoms with E-state index in [0.717, 1.165) is 5.56 Å². The van der Waals surface area contributed by atoms with Crippen LogP contribution in [0.1, 0.15) is 35.4 Å². The van der Waals surface area contributed by atoms with E-state index in [1.165, 1.54) is 21.3 Å². The fourth-order valence-electron chi connectivity index (χ4n) is 1.50. The summed E-state index contributed by atoms with van der Waals surface area (Å²) in [4.78, 5) is 0. The summed E-state index contributed by atoms with van der Waals surface area (Å²) in [6.07, 6.45) is -1.76. The Hall–Kier alpha value is -1.02. The largest absolute Gasteiger partial charge is 0.363 e. The minimum Gasteiger partial charge on any atom is -0.363 e. The molecule has 1 aromatic carbocycles. The summed E-state index contributed by atoms with van der Waals surface area (Å²) < 4.78 is 15.2. The SMILES string of the molecule is COC(N)c1[c]c(C(N)OC)cc(C(N)OC)c1. The fraction of sp³-hybridized carbons (Fsp3) is 0.500. The number of rotatable bonds is 6. The van der Waals surface area contributed by atoms with Crippen LogP contribution in [0.25, 0.3) is 0 Å². The summed E-state index contributed by atoms with van der Waals surface area (Å²) in [5.74, 6) is 0. The van der Waals surface area contributed by atoms with Gasteiger partial charge in [-0.2, -0.15) is 0 Å². The molecule has 1 radical (unpaired) electrons. The lowest BCUT2D eigenvalue weighted by atomic mass is 10.0. The van der Waals surface area contributed by atoms with Crippen LogP contribution in [0.4, 0.5) is 0 Å². The van der Waals surface area contributed by atoms with E-state index in [-0.39, 0.29) is 0 Å². The molecule has 1 rings (SSSR count). The van der Waals surface area contributed by atoms with Crippen molar-refractivity contribution in [1.82, 2.24) is 0 Å². The molecular formula is C12H20N3O3. The highest BCUT2D eigenvalue weighted by molar-refractivity contribution is 5.32. The Morgan fingerprint density at radius 2 is 1.22 bits per heavy atom. The minimum absolute atomic E-state index is 0.565. The molecule has 0 aromatic heterocycles. The molecule has 6 nitrogen and oxygen atoms in total. The van der Waals surface area contributed by atoms with Gasteiger partial charge in [0.1, 0.15) is 18.7 Å². The monoisotopic (exact) mass is 254 g/mol. The van der Waals surface area contributed by atoms with Crippen LogP contribution in [0.3, 0.4) is 0 Å². The second-order valence-corrected chi connectivity index (χ2v) is 3.79. The van der Waals surface area contributed by atoms with Gasteiger partial charge < -0.3 is 31.4 Å². The van der Waals surface area contributed by atoms with Gasteiger partial charge >= 0.3 is 0 Å². The van der Waals surface area contributed by atoms with E-state index in [9.17, 15) is 0 Å². The first kappa shape index (κ1) is 15.0. The maximum absolute atomic E-state index is 5.82. The van der Waals surface area contributed by atoms with Gasteiger partial charge in [0.2, 0.25) is 0 Å². The van der Waals surface area contributed by atoms with Crippen LogP contribution in [-0.2, 0) is 14.2 Å². The molecule has 6 heteroatoms. The molecule has 0 bridgehead atoms. The summed E-state index contributed by atoms with van der Waals surface area (Å²) >= 11 is 0. The first-order chi connectivity index (χ1) is 8.53. The molecule has 101 valence electrons. The Labute approximate surface area is 107 Å². The zero-order chi connectivity index (χ0) is 13.7. The first-order valence-electron chi connectivity index (χ1n) is 5.45. The van der Waals surface area contributed by atoms with Gasteiger partial charge in [-0.3, -0.25) is 0 Å². The van der Waals surface area contributed by atoms with Crippen LogP contribution in [0, 0.1) is 6.07 Å². The molecule has 0 spiro atoms. The third-order valence-corrected chi connectivity index (χ3v) is 2.64. The predicted molar refractivity (Wildman–Crippen MR) is 67.1 cm³/mol. The van der Waals surface area contributed by atoms with Gasteiger partial charge in [0.15, 0.2) is 0 Å². The Morgan fingerprint density at radius 3 is 1.56 bits per heavy atom. The van der Waals surface area contributed by atoms with Crippen molar-refractivity contribution in [2.45, 2.75) is 18.7 Å². The standard InChI is InChI=1S/C12H20N3O3/c1-16-10(13)7-4-8(11(14)17-2)6-9(5-7)12(15)18-3/h4-5,10-12H,13-15H2,1-3H3. The van der Waals surface area contributed by atoms with Crippen molar-refractivity contribution in [1.29, 1.82) is 0 Å². The molecule has 18 heavy (non-hydrogen) atoms. The van der Waals surface area contributed by atoms with Crippen LogP contribution in [-0.4, -0.2) is 21.3 Å². The van der Waals surface area contributed by atoms with Gasteiger partial charge in [-0.05, 0) is 23.8 Å². The van der Waals surface area contributed by atoms with Crippen LogP contribution in [0.15, 0.2) is 12.1 Å². The van der Waals surface area contributed by atoms with Crippen molar-refractivity contribution in [2.75, 3.05) is 21.3 Å². The summed E-state index contributed by atoms with van der Waals surface area (Å²) in [6.45, 7) is 0. The number of nitrogens with two attached hydrogens (primary N) is 3. The normalized spacial score (nSPS) is 16.3. The quantitative estimate of drug-likeness (QED) is 0.630. The van der Waals surface area contributed by atoms with E-state index in [1.54, 1.807) is 12.1 Å². The molecular weight excluding hydrogens is 234 g/mol. The Kier molecular flexibility index (Phi) is 5.67. The summed E-state index contributed by atoms with van der Waals surface area (Å²) in [6, 6.07) is 6.60. The van der Waals surface area contributed by atoms with Crippen molar-refractivity contribution in [3.8, 4) is 0 Å². The zero-order valence-electron chi connectivity index (χ0n) is 10.8. The average molecular weight is 254 g/mol. The zero-order valence-corrected chi connectivity index (χ0v) is 10.8. The molecule has 1 aromatic rings. The molecule has 0 saturated heterocycles. The van der Waals surface area contributed by atoms with Crippen molar-refractivity contribution in [3.05, 3.63) is 34.9 Å². The van der Waals surface area contributed by atoms with Crippen molar-refractivity contribution >= 4 is 0 Å². The second kappa shape index (κ2) is 6.79. The molecule has 0 heterocycles. The van der Waals surface area contributed by atoms with Gasteiger partial charge in [0.05, 0.1) is 0 Å². The lowest BCUT2D eigenvalue weighted by Gasteiger charge is -2.18. The van der Waals surface area contributed by atoms with Crippen LogP contribution >= 0.6 is 0 Å².